The molecule has 0 unspecified atom stereocenters. The van der Waals surface area contributed by atoms with Crippen molar-refractivity contribution in [2.75, 3.05) is 25.1 Å². The van der Waals surface area contributed by atoms with E-state index in [0.717, 1.165) is 25.9 Å². The third-order valence-corrected chi connectivity index (χ3v) is 5.91. The lowest BCUT2D eigenvalue weighted by molar-refractivity contribution is 0.398. The molecule has 0 atom stereocenters. The van der Waals surface area contributed by atoms with Crippen LogP contribution in [0.25, 0.3) is 27.2 Å². The highest BCUT2D eigenvalue weighted by Gasteiger charge is 2.24. The Morgan fingerprint density at radius 2 is 1.91 bits per heavy atom. The van der Waals surface area contributed by atoms with Gasteiger partial charge in [-0.05, 0) is 30.9 Å². The maximum absolute atomic E-state index is 14.5. The Balaban J connectivity index is 1.93. The van der Waals surface area contributed by atoms with Gasteiger partial charge in [0.2, 0.25) is 17.5 Å². The van der Waals surface area contributed by atoms with Crippen LogP contribution in [0.15, 0.2) is 41.3 Å². The predicted molar refractivity (Wildman–Crippen MR) is 122 cm³/mol. The van der Waals surface area contributed by atoms with Gasteiger partial charge < -0.3 is 9.64 Å². The van der Waals surface area contributed by atoms with Gasteiger partial charge in [0, 0.05) is 43.5 Å². The molecule has 164 valence electrons. The monoisotopic (exact) mass is 433 g/mol. The van der Waals surface area contributed by atoms with E-state index in [2.05, 4.69) is 21.7 Å². The van der Waals surface area contributed by atoms with Crippen LogP contribution in [0, 0.1) is 18.3 Å². The number of ether oxygens (including phenoxy) is 1. The number of anilines is 1. The SMILES string of the molecule is [C-]#[N+]c1ccc(-c2nc(N3CCC(C)CC3)n(C)c(=O)c2-c2ccc(OC)nc2)cc1F. The Labute approximate surface area is 185 Å². The first-order chi connectivity index (χ1) is 15.4. The van der Waals surface area contributed by atoms with E-state index in [1.165, 1.54) is 19.2 Å². The molecule has 0 aliphatic carbocycles. The second-order valence-corrected chi connectivity index (χ2v) is 8.04. The van der Waals surface area contributed by atoms with E-state index < -0.39 is 5.82 Å². The topological polar surface area (TPSA) is 64.6 Å². The minimum atomic E-state index is -0.646. The second-order valence-electron chi connectivity index (χ2n) is 8.04. The molecule has 2 aromatic heterocycles. The summed E-state index contributed by atoms with van der Waals surface area (Å²) in [7, 11) is 3.22. The van der Waals surface area contributed by atoms with E-state index in [9.17, 15) is 9.18 Å². The molecular formula is C24H24FN5O2. The summed E-state index contributed by atoms with van der Waals surface area (Å²) in [5.41, 5.74) is 1.36. The Hall–Kier alpha value is -3.73. The van der Waals surface area contributed by atoms with Crippen molar-refractivity contribution in [1.29, 1.82) is 0 Å². The van der Waals surface area contributed by atoms with Gasteiger partial charge in [0.15, 0.2) is 0 Å². The number of hydrogen-bond donors (Lipinski definition) is 0. The lowest BCUT2D eigenvalue weighted by atomic mass is 9.99. The number of aromatic nitrogens is 3. The minimum Gasteiger partial charge on any atom is -0.481 e. The van der Waals surface area contributed by atoms with Gasteiger partial charge >= 0.3 is 0 Å². The van der Waals surface area contributed by atoms with Crippen molar-refractivity contribution < 1.29 is 9.13 Å². The molecule has 1 aliphatic rings. The normalized spacial score (nSPS) is 14.3. The van der Waals surface area contributed by atoms with E-state index >= 15 is 0 Å². The number of rotatable bonds is 4. The summed E-state index contributed by atoms with van der Waals surface area (Å²) in [6.45, 7) is 10.9. The number of benzene rings is 1. The number of nitrogens with zero attached hydrogens (tertiary/aromatic N) is 5. The van der Waals surface area contributed by atoms with Crippen LogP contribution in [0.3, 0.4) is 0 Å². The average Bonchev–Trinajstić information content (AvgIpc) is 2.81. The van der Waals surface area contributed by atoms with Crippen LogP contribution in [-0.4, -0.2) is 34.7 Å². The second kappa shape index (κ2) is 8.79. The van der Waals surface area contributed by atoms with Crippen molar-refractivity contribution in [3.05, 3.63) is 64.1 Å². The summed E-state index contributed by atoms with van der Waals surface area (Å²) < 4.78 is 21.2. The zero-order chi connectivity index (χ0) is 22.8. The van der Waals surface area contributed by atoms with Crippen molar-refractivity contribution in [1.82, 2.24) is 14.5 Å². The van der Waals surface area contributed by atoms with Crippen LogP contribution in [0.2, 0.25) is 0 Å². The molecule has 3 heterocycles. The van der Waals surface area contributed by atoms with Gasteiger partial charge in [-0.2, -0.15) is 0 Å². The fourth-order valence-corrected chi connectivity index (χ4v) is 3.95. The Morgan fingerprint density at radius 1 is 1.19 bits per heavy atom. The molecule has 0 N–H and O–H groups in total. The van der Waals surface area contributed by atoms with Gasteiger partial charge in [-0.1, -0.05) is 19.1 Å². The van der Waals surface area contributed by atoms with Gasteiger partial charge in [0.05, 0.1) is 24.9 Å². The van der Waals surface area contributed by atoms with Crippen molar-refractivity contribution in [2.45, 2.75) is 19.8 Å². The molecule has 32 heavy (non-hydrogen) atoms. The van der Waals surface area contributed by atoms with Crippen molar-refractivity contribution in [3.8, 4) is 28.3 Å². The van der Waals surface area contributed by atoms with Crippen LogP contribution in [-0.2, 0) is 7.05 Å². The first kappa shape index (κ1) is 21.5. The third kappa shape index (κ3) is 3.94. The molecule has 3 aromatic rings. The van der Waals surface area contributed by atoms with E-state index in [0.29, 0.717) is 40.1 Å². The summed E-state index contributed by atoms with van der Waals surface area (Å²) in [4.78, 5) is 27.9. The predicted octanol–water partition coefficient (Wildman–Crippen LogP) is 4.44. The Bertz CT molecular complexity index is 1240. The number of hydrogen-bond acceptors (Lipinski definition) is 5. The van der Waals surface area contributed by atoms with Crippen molar-refractivity contribution in [3.63, 3.8) is 0 Å². The fraction of sp³-hybridized carbons (Fsp3) is 0.333. The molecule has 8 heteroatoms. The zero-order valence-electron chi connectivity index (χ0n) is 18.3. The lowest BCUT2D eigenvalue weighted by Gasteiger charge is -2.32. The van der Waals surface area contributed by atoms with Gasteiger partial charge in [-0.25, -0.2) is 19.2 Å². The highest BCUT2D eigenvalue weighted by atomic mass is 19.1. The quantitative estimate of drug-likeness (QED) is 0.569. The summed E-state index contributed by atoms with van der Waals surface area (Å²) >= 11 is 0. The van der Waals surface area contributed by atoms with Gasteiger partial charge in [-0.15, -0.1) is 0 Å². The standard InChI is InChI=1S/C24H24FN5O2/c1-15-9-11-30(12-10-15)24-28-22(16-5-7-19(26-2)18(25)13-16)21(23(31)29(24)3)17-6-8-20(32-4)27-14-17/h5-8,13-15H,9-12H2,1,3-4H3. The maximum atomic E-state index is 14.5. The number of pyridine rings is 1. The fourth-order valence-electron chi connectivity index (χ4n) is 3.95. The van der Waals surface area contributed by atoms with Gasteiger partial charge in [-0.3, -0.25) is 9.36 Å². The maximum Gasteiger partial charge on any atom is 0.263 e. The van der Waals surface area contributed by atoms with Crippen LogP contribution in [0.4, 0.5) is 16.0 Å². The molecule has 0 spiro atoms. The van der Waals surface area contributed by atoms with Crippen LogP contribution >= 0.6 is 0 Å². The number of piperidine rings is 1. The molecule has 4 rings (SSSR count). The number of halogens is 1. The Morgan fingerprint density at radius 3 is 2.50 bits per heavy atom. The van der Waals surface area contributed by atoms with Crippen LogP contribution in [0.5, 0.6) is 5.88 Å². The molecular weight excluding hydrogens is 409 g/mol. The van der Waals surface area contributed by atoms with E-state index in [1.54, 1.807) is 36.0 Å². The lowest BCUT2D eigenvalue weighted by Crippen LogP contribution is -2.38. The largest absolute Gasteiger partial charge is 0.481 e. The molecule has 1 aromatic carbocycles. The van der Waals surface area contributed by atoms with Crippen LogP contribution < -0.4 is 15.2 Å². The minimum absolute atomic E-state index is 0.0736. The smallest absolute Gasteiger partial charge is 0.263 e. The van der Waals surface area contributed by atoms with E-state index in [1.807, 2.05) is 0 Å². The zero-order valence-corrected chi connectivity index (χ0v) is 18.3. The van der Waals surface area contributed by atoms with Gasteiger partial charge in [0.1, 0.15) is 5.82 Å². The molecule has 1 aliphatic heterocycles. The number of methoxy groups -OCH3 is 1. The summed E-state index contributed by atoms with van der Waals surface area (Å²) in [6, 6.07) is 7.70. The molecule has 1 saturated heterocycles. The third-order valence-electron chi connectivity index (χ3n) is 5.91. The summed E-state index contributed by atoms with van der Waals surface area (Å²) in [6.07, 6.45) is 3.58. The first-order valence-electron chi connectivity index (χ1n) is 10.5. The van der Waals surface area contributed by atoms with Crippen molar-refractivity contribution in [2.24, 2.45) is 13.0 Å². The first-order valence-corrected chi connectivity index (χ1v) is 10.5. The molecule has 7 nitrogen and oxygen atoms in total. The molecule has 0 bridgehead atoms. The van der Waals surface area contributed by atoms with Crippen molar-refractivity contribution >= 4 is 11.6 Å². The van der Waals surface area contributed by atoms with E-state index in [-0.39, 0.29) is 11.2 Å². The highest BCUT2D eigenvalue weighted by Crippen LogP contribution is 2.33. The average molecular weight is 433 g/mol. The molecule has 1 fully saturated rings. The summed E-state index contributed by atoms with van der Waals surface area (Å²) in [5.74, 6) is 0.957. The van der Waals surface area contributed by atoms with Crippen LogP contribution in [0.1, 0.15) is 19.8 Å². The molecule has 0 saturated carbocycles. The molecule has 0 amide bonds. The Kier molecular flexibility index (Phi) is 5.91. The summed E-state index contributed by atoms with van der Waals surface area (Å²) in [5, 5.41) is 0. The molecule has 0 radical (unpaired) electrons. The van der Waals surface area contributed by atoms with Gasteiger partial charge in [0.25, 0.3) is 5.56 Å². The highest BCUT2D eigenvalue weighted by molar-refractivity contribution is 5.81. The van der Waals surface area contributed by atoms with E-state index in [4.69, 9.17) is 16.3 Å².